The minimum Gasteiger partial charge on any atom is -0.325 e. The van der Waals surface area contributed by atoms with E-state index in [0.29, 0.717) is 5.92 Å². The molecule has 0 saturated carbocycles. The van der Waals surface area contributed by atoms with Gasteiger partial charge < -0.3 is 9.80 Å². The molecule has 0 bridgehead atoms. The number of likely N-dealkylation sites (tertiary alicyclic amines) is 1. The molecule has 0 aromatic heterocycles. The van der Waals surface area contributed by atoms with Crippen molar-refractivity contribution in [1.82, 2.24) is 9.80 Å². The minimum absolute atomic E-state index is 0.0104. The van der Waals surface area contributed by atoms with E-state index in [1.54, 1.807) is 7.05 Å². The van der Waals surface area contributed by atoms with Gasteiger partial charge in [0, 0.05) is 20.1 Å². The SMILES string of the molecule is CC(C)C1CCN(C(=O)N(C)CC#N)CC1. The van der Waals surface area contributed by atoms with Gasteiger partial charge in [0.2, 0.25) is 0 Å². The first kappa shape index (κ1) is 12.8. The summed E-state index contributed by atoms with van der Waals surface area (Å²) in [7, 11) is 1.68. The van der Waals surface area contributed by atoms with Crippen molar-refractivity contribution >= 4 is 6.03 Å². The molecule has 0 N–H and O–H groups in total. The third-order valence-electron chi connectivity index (χ3n) is 3.39. The molecule has 1 saturated heterocycles. The van der Waals surface area contributed by atoms with Gasteiger partial charge in [0.1, 0.15) is 6.54 Å². The van der Waals surface area contributed by atoms with E-state index in [0.717, 1.165) is 31.8 Å². The van der Waals surface area contributed by atoms with Crippen molar-refractivity contribution in [3.8, 4) is 6.07 Å². The zero-order chi connectivity index (χ0) is 12.1. The van der Waals surface area contributed by atoms with Gasteiger partial charge in [0.15, 0.2) is 0 Å². The number of carbonyl (C=O) groups is 1. The molecule has 0 aliphatic carbocycles. The van der Waals surface area contributed by atoms with Crippen LogP contribution in [0.2, 0.25) is 0 Å². The molecule has 0 aromatic rings. The molecule has 4 nitrogen and oxygen atoms in total. The lowest BCUT2D eigenvalue weighted by Crippen LogP contribution is -2.45. The highest BCUT2D eigenvalue weighted by molar-refractivity contribution is 5.74. The van der Waals surface area contributed by atoms with Crippen molar-refractivity contribution in [3.05, 3.63) is 0 Å². The Balaban J connectivity index is 2.42. The maximum atomic E-state index is 11.9. The third kappa shape index (κ3) is 3.13. The Morgan fingerprint density at radius 3 is 2.50 bits per heavy atom. The maximum Gasteiger partial charge on any atom is 0.320 e. The zero-order valence-electron chi connectivity index (χ0n) is 10.4. The molecule has 0 spiro atoms. The topological polar surface area (TPSA) is 47.3 Å². The lowest BCUT2D eigenvalue weighted by atomic mass is 9.87. The minimum atomic E-state index is -0.0104. The molecule has 2 amide bonds. The number of nitriles is 1. The van der Waals surface area contributed by atoms with Gasteiger partial charge in [0.05, 0.1) is 6.07 Å². The van der Waals surface area contributed by atoms with Crippen LogP contribution in [0.3, 0.4) is 0 Å². The van der Waals surface area contributed by atoms with Gasteiger partial charge in [-0.25, -0.2) is 4.79 Å². The summed E-state index contributed by atoms with van der Waals surface area (Å²) in [4.78, 5) is 15.2. The molecule has 0 radical (unpaired) electrons. The van der Waals surface area contributed by atoms with Crippen LogP contribution in [-0.4, -0.2) is 42.5 Å². The van der Waals surface area contributed by atoms with Gasteiger partial charge >= 0.3 is 6.03 Å². The van der Waals surface area contributed by atoms with Crippen LogP contribution in [0.15, 0.2) is 0 Å². The van der Waals surface area contributed by atoms with Crippen LogP contribution in [0.25, 0.3) is 0 Å². The second-order valence-corrected chi connectivity index (χ2v) is 4.87. The fourth-order valence-corrected chi connectivity index (χ4v) is 2.17. The Hall–Kier alpha value is -1.24. The van der Waals surface area contributed by atoms with Gasteiger partial charge in [-0.1, -0.05) is 13.8 Å². The molecule has 0 aromatic carbocycles. The maximum absolute atomic E-state index is 11.9. The van der Waals surface area contributed by atoms with E-state index in [2.05, 4.69) is 13.8 Å². The van der Waals surface area contributed by atoms with Crippen molar-refractivity contribution < 1.29 is 4.79 Å². The van der Waals surface area contributed by atoms with Gasteiger partial charge in [-0.05, 0) is 24.7 Å². The van der Waals surface area contributed by atoms with E-state index in [-0.39, 0.29) is 12.6 Å². The first-order chi connectivity index (χ1) is 7.56. The van der Waals surface area contributed by atoms with Crippen LogP contribution in [0, 0.1) is 23.2 Å². The summed E-state index contributed by atoms with van der Waals surface area (Å²) in [5, 5.41) is 8.54. The predicted molar refractivity (Wildman–Crippen MR) is 62.8 cm³/mol. The fourth-order valence-electron chi connectivity index (χ4n) is 2.17. The van der Waals surface area contributed by atoms with Crippen LogP contribution < -0.4 is 0 Å². The summed E-state index contributed by atoms with van der Waals surface area (Å²) < 4.78 is 0. The van der Waals surface area contributed by atoms with Gasteiger partial charge in [-0.2, -0.15) is 5.26 Å². The van der Waals surface area contributed by atoms with Crippen LogP contribution >= 0.6 is 0 Å². The second kappa shape index (κ2) is 5.74. The smallest absolute Gasteiger partial charge is 0.320 e. The van der Waals surface area contributed by atoms with E-state index in [9.17, 15) is 4.79 Å². The molecule has 0 unspecified atom stereocenters. The normalized spacial score (nSPS) is 17.3. The highest BCUT2D eigenvalue weighted by Gasteiger charge is 2.25. The van der Waals surface area contributed by atoms with Crippen LogP contribution in [0.5, 0.6) is 0 Å². The predicted octanol–water partition coefficient (Wildman–Crippen LogP) is 1.93. The van der Waals surface area contributed by atoms with Crippen molar-refractivity contribution in [1.29, 1.82) is 5.26 Å². The highest BCUT2D eigenvalue weighted by atomic mass is 16.2. The first-order valence-electron chi connectivity index (χ1n) is 5.93. The Morgan fingerprint density at radius 2 is 2.06 bits per heavy atom. The fraction of sp³-hybridized carbons (Fsp3) is 0.833. The van der Waals surface area contributed by atoms with Crippen molar-refractivity contribution in [2.75, 3.05) is 26.7 Å². The molecule has 1 aliphatic heterocycles. The number of rotatable bonds is 2. The monoisotopic (exact) mass is 223 g/mol. The molecular formula is C12H21N3O. The van der Waals surface area contributed by atoms with E-state index in [4.69, 9.17) is 5.26 Å². The summed E-state index contributed by atoms with van der Waals surface area (Å²) in [5.74, 6) is 1.44. The Morgan fingerprint density at radius 1 is 1.50 bits per heavy atom. The molecule has 90 valence electrons. The average molecular weight is 223 g/mol. The number of amides is 2. The number of nitrogens with zero attached hydrogens (tertiary/aromatic N) is 3. The number of urea groups is 1. The number of hydrogen-bond donors (Lipinski definition) is 0. The van der Waals surface area contributed by atoms with Gasteiger partial charge in [-0.3, -0.25) is 0 Å². The standard InChI is InChI=1S/C12H21N3O/c1-10(2)11-4-7-15(8-5-11)12(16)14(3)9-6-13/h10-11H,4-5,7-9H2,1-3H3. The van der Waals surface area contributed by atoms with E-state index in [1.165, 1.54) is 4.90 Å². The summed E-state index contributed by atoms with van der Waals surface area (Å²) >= 11 is 0. The van der Waals surface area contributed by atoms with Crippen molar-refractivity contribution in [3.63, 3.8) is 0 Å². The lowest BCUT2D eigenvalue weighted by molar-refractivity contribution is 0.134. The van der Waals surface area contributed by atoms with E-state index in [1.807, 2.05) is 11.0 Å². The highest BCUT2D eigenvalue weighted by Crippen LogP contribution is 2.24. The Bertz CT molecular complexity index is 274. The molecule has 1 rings (SSSR count). The Labute approximate surface area is 97.8 Å². The molecular weight excluding hydrogens is 202 g/mol. The summed E-state index contributed by atoms with van der Waals surface area (Å²) in [6, 6.07) is 1.98. The first-order valence-corrected chi connectivity index (χ1v) is 5.93. The summed E-state index contributed by atoms with van der Waals surface area (Å²) in [6.45, 7) is 6.31. The third-order valence-corrected chi connectivity index (χ3v) is 3.39. The van der Waals surface area contributed by atoms with Crippen LogP contribution in [-0.2, 0) is 0 Å². The van der Waals surface area contributed by atoms with Crippen LogP contribution in [0.1, 0.15) is 26.7 Å². The van der Waals surface area contributed by atoms with E-state index >= 15 is 0 Å². The largest absolute Gasteiger partial charge is 0.325 e. The van der Waals surface area contributed by atoms with Crippen LogP contribution in [0.4, 0.5) is 4.79 Å². The number of hydrogen-bond acceptors (Lipinski definition) is 2. The lowest BCUT2D eigenvalue weighted by Gasteiger charge is -2.35. The number of carbonyl (C=O) groups excluding carboxylic acids is 1. The molecule has 4 heteroatoms. The van der Waals surface area contributed by atoms with Crippen molar-refractivity contribution in [2.24, 2.45) is 11.8 Å². The summed E-state index contributed by atoms with van der Waals surface area (Å²) in [5.41, 5.74) is 0. The molecule has 16 heavy (non-hydrogen) atoms. The molecule has 1 heterocycles. The van der Waals surface area contributed by atoms with Gasteiger partial charge in [0.25, 0.3) is 0 Å². The van der Waals surface area contributed by atoms with Crippen molar-refractivity contribution in [2.45, 2.75) is 26.7 Å². The zero-order valence-corrected chi connectivity index (χ0v) is 10.4. The Kier molecular flexibility index (Phi) is 4.60. The average Bonchev–Trinajstić information content (AvgIpc) is 2.28. The second-order valence-electron chi connectivity index (χ2n) is 4.87. The molecule has 1 fully saturated rings. The van der Waals surface area contributed by atoms with E-state index < -0.39 is 0 Å². The van der Waals surface area contributed by atoms with Gasteiger partial charge in [-0.15, -0.1) is 0 Å². The number of piperidine rings is 1. The summed E-state index contributed by atoms with van der Waals surface area (Å²) in [6.07, 6.45) is 2.17. The molecule has 0 atom stereocenters. The quantitative estimate of drug-likeness (QED) is 0.671. The molecule has 1 aliphatic rings.